The van der Waals surface area contributed by atoms with Gasteiger partial charge in [0.2, 0.25) is 0 Å². The third-order valence-corrected chi connectivity index (χ3v) is 3.02. The lowest BCUT2D eigenvalue weighted by Gasteiger charge is -2.12. The van der Waals surface area contributed by atoms with E-state index >= 15 is 0 Å². The molecule has 0 aliphatic rings. The van der Waals surface area contributed by atoms with Crippen molar-refractivity contribution < 1.29 is 9.84 Å². The van der Waals surface area contributed by atoms with Crippen LogP contribution in [0.4, 0.5) is 0 Å². The van der Waals surface area contributed by atoms with E-state index in [0.29, 0.717) is 5.75 Å². The molecule has 0 amide bonds. The molecular formula is C16H18O2. The summed E-state index contributed by atoms with van der Waals surface area (Å²) >= 11 is 0. The minimum absolute atomic E-state index is 0.336. The molecule has 0 radical (unpaired) electrons. The van der Waals surface area contributed by atoms with Crippen molar-refractivity contribution in [3.05, 3.63) is 52.6 Å². The molecule has 0 unspecified atom stereocenters. The highest BCUT2D eigenvalue weighted by molar-refractivity contribution is 5.47. The van der Waals surface area contributed by atoms with E-state index in [1.807, 2.05) is 45.0 Å². The summed E-state index contributed by atoms with van der Waals surface area (Å²) < 4.78 is 5.87. The average Bonchev–Trinajstić information content (AvgIpc) is 2.29. The van der Waals surface area contributed by atoms with E-state index in [1.165, 1.54) is 5.56 Å². The molecule has 0 fully saturated rings. The maximum Gasteiger partial charge on any atom is 0.130 e. The number of phenols is 1. The third-order valence-electron chi connectivity index (χ3n) is 3.02. The predicted octanol–water partition coefficient (Wildman–Crippen LogP) is 4.42. The fourth-order valence-electron chi connectivity index (χ4n) is 2.02. The molecule has 0 aromatic heterocycles. The Balaban J connectivity index is 2.34. The molecule has 0 saturated carbocycles. The van der Waals surface area contributed by atoms with Crippen LogP contribution in [0.3, 0.4) is 0 Å². The Kier molecular flexibility index (Phi) is 3.28. The lowest BCUT2D eigenvalue weighted by molar-refractivity contribution is 0.455. The lowest BCUT2D eigenvalue weighted by atomic mass is 10.1. The van der Waals surface area contributed by atoms with Gasteiger partial charge < -0.3 is 9.84 Å². The smallest absolute Gasteiger partial charge is 0.130 e. The Morgan fingerprint density at radius 1 is 0.833 bits per heavy atom. The fourth-order valence-corrected chi connectivity index (χ4v) is 2.02. The van der Waals surface area contributed by atoms with Gasteiger partial charge in [-0.2, -0.15) is 0 Å². The van der Waals surface area contributed by atoms with E-state index in [4.69, 9.17) is 4.74 Å². The molecule has 2 nitrogen and oxygen atoms in total. The van der Waals surface area contributed by atoms with Crippen LogP contribution in [0.5, 0.6) is 17.2 Å². The molecule has 2 heteroatoms. The molecule has 0 atom stereocenters. The Bertz CT molecular complexity index is 563. The number of rotatable bonds is 2. The summed E-state index contributed by atoms with van der Waals surface area (Å²) in [6.45, 7) is 7.84. The zero-order valence-corrected chi connectivity index (χ0v) is 11.2. The predicted molar refractivity (Wildman–Crippen MR) is 73.6 cm³/mol. The zero-order chi connectivity index (χ0) is 13.3. The van der Waals surface area contributed by atoms with Crippen LogP contribution in [-0.2, 0) is 0 Å². The van der Waals surface area contributed by atoms with Crippen molar-refractivity contribution in [2.45, 2.75) is 27.7 Å². The monoisotopic (exact) mass is 242 g/mol. The second-order valence-corrected chi connectivity index (χ2v) is 4.78. The molecular weight excluding hydrogens is 224 g/mol. The van der Waals surface area contributed by atoms with E-state index in [2.05, 4.69) is 13.0 Å². The topological polar surface area (TPSA) is 29.5 Å². The number of hydrogen-bond donors (Lipinski definition) is 1. The average molecular weight is 242 g/mol. The van der Waals surface area contributed by atoms with E-state index in [0.717, 1.165) is 28.2 Å². The van der Waals surface area contributed by atoms with Crippen molar-refractivity contribution in [3.63, 3.8) is 0 Å². The van der Waals surface area contributed by atoms with Crippen molar-refractivity contribution in [3.8, 4) is 17.2 Å². The first kappa shape index (κ1) is 12.5. The summed E-state index contributed by atoms with van der Waals surface area (Å²) in [4.78, 5) is 0. The maximum atomic E-state index is 9.73. The standard InChI is InChI=1S/C16H18O2/c1-10-5-6-15(11(2)7-10)18-14-8-12(3)16(17)13(4)9-14/h5-9,17H,1-4H3. The van der Waals surface area contributed by atoms with Crippen molar-refractivity contribution in [2.24, 2.45) is 0 Å². The molecule has 2 rings (SSSR count). The molecule has 0 bridgehead atoms. The van der Waals surface area contributed by atoms with Gasteiger partial charge in [0.1, 0.15) is 17.2 Å². The molecule has 0 heterocycles. The van der Waals surface area contributed by atoms with Crippen molar-refractivity contribution in [1.82, 2.24) is 0 Å². The van der Waals surface area contributed by atoms with Gasteiger partial charge in [0.15, 0.2) is 0 Å². The summed E-state index contributed by atoms with van der Waals surface area (Å²) in [7, 11) is 0. The van der Waals surface area contributed by atoms with Gasteiger partial charge in [-0.25, -0.2) is 0 Å². The quantitative estimate of drug-likeness (QED) is 0.844. The van der Waals surface area contributed by atoms with Gasteiger partial charge in [-0.1, -0.05) is 17.7 Å². The highest BCUT2D eigenvalue weighted by Gasteiger charge is 2.06. The molecule has 18 heavy (non-hydrogen) atoms. The Labute approximate surface area is 108 Å². The molecule has 0 aliphatic carbocycles. The number of ether oxygens (including phenoxy) is 1. The largest absolute Gasteiger partial charge is 0.507 e. The van der Waals surface area contributed by atoms with Crippen LogP contribution in [-0.4, -0.2) is 5.11 Å². The van der Waals surface area contributed by atoms with Crippen molar-refractivity contribution >= 4 is 0 Å². The molecule has 0 aliphatic heterocycles. The summed E-state index contributed by atoms with van der Waals surface area (Å²) in [6.07, 6.45) is 0. The van der Waals surface area contributed by atoms with Gasteiger partial charge in [-0.05, 0) is 62.6 Å². The maximum absolute atomic E-state index is 9.73. The van der Waals surface area contributed by atoms with E-state index in [-0.39, 0.29) is 0 Å². The second kappa shape index (κ2) is 4.73. The summed E-state index contributed by atoms with van der Waals surface area (Å²) in [5, 5.41) is 9.73. The van der Waals surface area contributed by atoms with Crippen LogP contribution < -0.4 is 4.74 Å². The number of aromatic hydroxyl groups is 1. The normalized spacial score (nSPS) is 10.4. The summed E-state index contributed by atoms with van der Waals surface area (Å²) in [5.74, 6) is 1.95. The SMILES string of the molecule is Cc1ccc(Oc2cc(C)c(O)c(C)c2)c(C)c1. The second-order valence-electron chi connectivity index (χ2n) is 4.78. The third kappa shape index (κ3) is 2.48. The van der Waals surface area contributed by atoms with Crippen molar-refractivity contribution in [1.29, 1.82) is 0 Å². The number of hydrogen-bond acceptors (Lipinski definition) is 2. The van der Waals surface area contributed by atoms with Crippen LogP contribution in [0.15, 0.2) is 30.3 Å². The Morgan fingerprint density at radius 2 is 1.44 bits per heavy atom. The number of benzene rings is 2. The van der Waals surface area contributed by atoms with Crippen LogP contribution in [0, 0.1) is 27.7 Å². The van der Waals surface area contributed by atoms with Crippen LogP contribution in [0.1, 0.15) is 22.3 Å². The summed E-state index contributed by atoms with van der Waals surface area (Å²) in [5.41, 5.74) is 3.99. The highest BCUT2D eigenvalue weighted by Crippen LogP contribution is 2.31. The van der Waals surface area contributed by atoms with E-state index in [9.17, 15) is 5.11 Å². The van der Waals surface area contributed by atoms with Crippen LogP contribution >= 0.6 is 0 Å². The van der Waals surface area contributed by atoms with Crippen LogP contribution in [0.2, 0.25) is 0 Å². The van der Waals surface area contributed by atoms with Crippen LogP contribution in [0.25, 0.3) is 0 Å². The highest BCUT2D eigenvalue weighted by atomic mass is 16.5. The van der Waals surface area contributed by atoms with Gasteiger partial charge in [0, 0.05) is 0 Å². The number of phenolic OH excluding ortho intramolecular Hbond substituents is 1. The molecule has 1 N–H and O–H groups in total. The first-order chi connectivity index (χ1) is 8.47. The summed E-state index contributed by atoms with van der Waals surface area (Å²) in [6, 6.07) is 9.80. The zero-order valence-electron chi connectivity index (χ0n) is 11.2. The minimum Gasteiger partial charge on any atom is -0.507 e. The van der Waals surface area contributed by atoms with Gasteiger partial charge in [0.25, 0.3) is 0 Å². The molecule has 94 valence electrons. The van der Waals surface area contributed by atoms with Gasteiger partial charge in [0.05, 0.1) is 0 Å². The van der Waals surface area contributed by atoms with Gasteiger partial charge in [-0.3, -0.25) is 0 Å². The van der Waals surface area contributed by atoms with Gasteiger partial charge >= 0.3 is 0 Å². The first-order valence-electron chi connectivity index (χ1n) is 6.02. The molecule has 0 saturated heterocycles. The Hall–Kier alpha value is -1.96. The minimum atomic E-state index is 0.336. The van der Waals surface area contributed by atoms with Crippen molar-refractivity contribution in [2.75, 3.05) is 0 Å². The lowest BCUT2D eigenvalue weighted by Crippen LogP contribution is -1.90. The molecule has 2 aromatic carbocycles. The first-order valence-corrected chi connectivity index (χ1v) is 6.02. The number of aryl methyl sites for hydroxylation is 4. The Morgan fingerprint density at radius 3 is 2.00 bits per heavy atom. The van der Waals surface area contributed by atoms with E-state index in [1.54, 1.807) is 0 Å². The fraction of sp³-hybridized carbons (Fsp3) is 0.250. The van der Waals surface area contributed by atoms with E-state index < -0.39 is 0 Å². The molecule has 2 aromatic rings. The molecule has 0 spiro atoms. The van der Waals surface area contributed by atoms with Gasteiger partial charge in [-0.15, -0.1) is 0 Å².